The number of methoxy groups -OCH3 is 2. The first-order valence-corrected chi connectivity index (χ1v) is 8.81. The van der Waals surface area contributed by atoms with Crippen molar-refractivity contribution in [3.05, 3.63) is 60.2 Å². The maximum Gasteiger partial charge on any atom is 0.350 e. The van der Waals surface area contributed by atoms with Crippen LogP contribution in [0, 0.1) is 0 Å². The number of aliphatic hydroxyl groups excluding tert-OH is 1. The third kappa shape index (κ3) is 5.34. The zero-order chi connectivity index (χ0) is 22.3. The highest BCUT2D eigenvalue weighted by molar-refractivity contribution is 5.89. The second-order valence-corrected chi connectivity index (χ2v) is 6.33. The van der Waals surface area contributed by atoms with Gasteiger partial charge in [0.05, 0.1) is 14.2 Å². The van der Waals surface area contributed by atoms with Crippen LogP contribution >= 0.6 is 0 Å². The van der Waals surface area contributed by atoms with Crippen LogP contribution in [-0.4, -0.2) is 54.5 Å². The van der Waals surface area contributed by atoms with E-state index < -0.39 is 35.7 Å². The summed E-state index contributed by atoms with van der Waals surface area (Å²) in [5, 5.41) is 20.5. The molecule has 2 N–H and O–H groups in total. The smallest absolute Gasteiger partial charge is 0.350 e. The molecule has 9 heteroatoms. The summed E-state index contributed by atoms with van der Waals surface area (Å²) in [5.74, 6) is -2.61. The molecule has 0 heterocycles. The van der Waals surface area contributed by atoms with Crippen LogP contribution in [0.3, 0.4) is 0 Å². The molecule has 0 aliphatic carbocycles. The van der Waals surface area contributed by atoms with E-state index in [0.29, 0.717) is 11.5 Å². The number of aliphatic hydroxyl groups is 2. The summed E-state index contributed by atoms with van der Waals surface area (Å²) < 4.78 is 19.3. The fraction of sp³-hybridized carbons (Fsp3) is 0.286. The van der Waals surface area contributed by atoms with Crippen molar-refractivity contribution in [3.63, 3.8) is 0 Å². The predicted molar refractivity (Wildman–Crippen MR) is 102 cm³/mol. The summed E-state index contributed by atoms with van der Waals surface area (Å²) in [7, 11) is 1.97. The molecular formula is C21H22O9. The number of carbonyl (C=O) groups is 3. The number of rotatable bonds is 8. The van der Waals surface area contributed by atoms with Gasteiger partial charge in [-0.25, -0.2) is 14.4 Å². The maximum atomic E-state index is 12.5. The summed E-state index contributed by atoms with van der Waals surface area (Å²) in [4.78, 5) is 35.9. The van der Waals surface area contributed by atoms with Gasteiger partial charge in [-0.05, 0) is 36.8 Å². The topological polar surface area (TPSA) is 129 Å². The molecule has 0 aromatic heterocycles. The van der Waals surface area contributed by atoms with Crippen molar-refractivity contribution < 1.29 is 43.5 Å². The molecular weight excluding hydrogens is 396 g/mol. The number of benzene rings is 2. The Kier molecular flexibility index (Phi) is 7.51. The van der Waals surface area contributed by atoms with Gasteiger partial charge in [0.15, 0.2) is 11.7 Å². The largest absolute Gasteiger partial charge is 0.467 e. The van der Waals surface area contributed by atoms with Crippen LogP contribution in [0.15, 0.2) is 54.6 Å². The molecule has 0 radical (unpaired) electrons. The Morgan fingerprint density at radius 2 is 1.40 bits per heavy atom. The van der Waals surface area contributed by atoms with Crippen LogP contribution in [0.2, 0.25) is 0 Å². The fourth-order valence-electron chi connectivity index (χ4n) is 2.42. The number of para-hydroxylation sites is 1. The van der Waals surface area contributed by atoms with Gasteiger partial charge < -0.3 is 29.2 Å². The van der Waals surface area contributed by atoms with Crippen LogP contribution in [0.4, 0.5) is 0 Å². The predicted octanol–water partition coefficient (Wildman–Crippen LogP) is 1.31. The normalized spacial score (nSPS) is 14.6. The van der Waals surface area contributed by atoms with E-state index in [1.807, 2.05) is 18.2 Å². The summed E-state index contributed by atoms with van der Waals surface area (Å²) in [6, 6.07) is 14.9. The van der Waals surface area contributed by atoms with Gasteiger partial charge in [0, 0.05) is 0 Å². The van der Waals surface area contributed by atoms with E-state index >= 15 is 0 Å². The van der Waals surface area contributed by atoms with Crippen molar-refractivity contribution in [2.45, 2.75) is 24.7 Å². The van der Waals surface area contributed by atoms with Gasteiger partial charge in [-0.3, -0.25) is 0 Å². The maximum absolute atomic E-state index is 12.5. The molecule has 0 bridgehead atoms. The SMILES string of the molecule is COC(=O)[C@@H](O)[C@H](OC(=O)C(C)(O)c1ccc(Oc2ccccc2)cc1)C(=O)OC. The number of hydrogen-bond donors (Lipinski definition) is 2. The van der Waals surface area contributed by atoms with Gasteiger partial charge in [-0.1, -0.05) is 30.3 Å². The van der Waals surface area contributed by atoms with Crippen LogP contribution in [0.25, 0.3) is 0 Å². The molecule has 2 rings (SSSR count). The summed E-state index contributed by atoms with van der Waals surface area (Å²) in [5.41, 5.74) is -2.07. The molecule has 9 nitrogen and oxygen atoms in total. The monoisotopic (exact) mass is 418 g/mol. The van der Waals surface area contributed by atoms with Crippen molar-refractivity contribution in [1.29, 1.82) is 0 Å². The molecule has 1 unspecified atom stereocenters. The van der Waals surface area contributed by atoms with Crippen molar-refractivity contribution in [2.24, 2.45) is 0 Å². The lowest BCUT2D eigenvalue weighted by molar-refractivity contribution is -0.191. The molecule has 0 aliphatic heterocycles. The Bertz CT molecular complexity index is 875. The Morgan fingerprint density at radius 1 is 0.867 bits per heavy atom. The molecule has 2 aromatic carbocycles. The minimum Gasteiger partial charge on any atom is -0.467 e. The van der Waals surface area contributed by atoms with Gasteiger partial charge in [0.25, 0.3) is 0 Å². The number of esters is 3. The molecule has 3 atom stereocenters. The lowest BCUT2D eigenvalue weighted by Crippen LogP contribution is -2.47. The van der Waals surface area contributed by atoms with Crippen LogP contribution in [-0.2, 0) is 34.2 Å². The Hall–Kier alpha value is -3.43. The molecule has 0 amide bonds. The van der Waals surface area contributed by atoms with E-state index in [0.717, 1.165) is 21.1 Å². The van der Waals surface area contributed by atoms with Gasteiger partial charge in [-0.2, -0.15) is 0 Å². The number of ether oxygens (including phenoxy) is 4. The molecule has 0 fully saturated rings. The second kappa shape index (κ2) is 9.86. The molecule has 30 heavy (non-hydrogen) atoms. The first-order chi connectivity index (χ1) is 14.2. The summed E-state index contributed by atoms with van der Waals surface area (Å²) in [6.45, 7) is 1.14. The molecule has 160 valence electrons. The zero-order valence-corrected chi connectivity index (χ0v) is 16.6. The summed E-state index contributed by atoms with van der Waals surface area (Å²) >= 11 is 0. The average Bonchev–Trinajstić information content (AvgIpc) is 2.76. The van der Waals surface area contributed by atoms with Gasteiger partial charge in [0.1, 0.15) is 11.5 Å². The lowest BCUT2D eigenvalue weighted by atomic mass is 9.96. The Balaban J connectivity index is 2.16. The van der Waals surface area contributed by atoms with Gasteiger partial charge >= 0.3 is 17.9 Å². The van der Waals surface area contributed by atoms with Crippen molar-refractivity contribution in [2.75, 3.05) is 14.2 Å². The van der Waals surface area contributed by atoms with Gasteiger partial charge in [0.2, 0.25) is 6.10 Å². The number of carbonyl (C=O) groups excluding carboxylic acids is 3. The van der Waals surface area contributed by atoms with E-state index in [4.69, 9.17) is 9.47 Å². The minimum absolute atomic E-state index is 0.129. The first-order valence-electron chi connectivity index (χ1n) is 8.81. The van der Waals surface area contributed by atoms with Crippen molar-refractivity contribution in [1.82, 2.24) is 0 Å². The zero-order valence-electron chi connectivity index (χ0n) is 16.6. The lowest BCUT2D eigenvalue weighted by Gasteiger charge is -2.26. The van der Waals surface area contributed by atoms with E-state index in [-0.39, 0.29) is 5.56 Å². The molecule has 0 spiro atoms. The summed E-state index contributed by atoms with van der Waals surface area (Å²) in [6.07, 6.45) is -4.13. The third-order valence-corrected chi connectivity index (χ3v) is 4.19. The van der Waals surface area contributed by atoms with E-state index in [1.54, 1.807) is 12.1 Å². The first kappa shape index (κ1) is 22.9. The van der Waals surface area contributed by atoms with E-state index in [9.17, 15) is 24.6 Å². The van der Waals surface area contributed by atoms with Crippen molar-refractivity contribution >= 4 is 17.9 Å². The molecule has 0 aliphatic rings. The average molecular weight is 418 g/mol. The quantitative estimate of drug-likeness (QED) is 0.481. The highest BCUT2D eigenvalue weighted by Crippen LogP contribution is 2.27. The highest BCUT2D eigenvalue weighted by Gasteiger charge is 2.42. The number of hydrogen-bond acceptors (Lipinski definition) is 9. The van der Waals surface area contributed by atoms with E-state index in [1.165, 1.54) is 24.3 Å². The van der Waals surface area contributed by atoms with Crippen molar-refractivity contribution in [3.8, 4) is 11.5 Å². The van der Waals surface area contributed by atoms with Crippen LogP contribution in [0.1, 0.15) is 12.5 Å². The van der Waals surface area contributed by atoms with Crippen LogP contribution < -0.4 is 4.74 Å². The Labute approximate surface area is 172 Å². The Morgan fingerprint density at radius 3 is 1.93 bits per heavy atom. The molecule has 0 saturated carbocycles. The minimum atomic E-state index is -2.20. The van der Waals surface area contributed by atoms with E-state index in [2.05, 4.69) is 9.47 Å². The second-order valence-electron chi connectivity index (χ2n) is 6.33. The fourth-order valence-corrected chi connectivity index (χ4v) is 2.42. The molecule has 0 saturated heterocycles. The molecule has 2 aromatic rings. The standard InChI is InChI=1S/C21H22O9/c1-21(26,20(25)30-17(19(24)28-3)16(22)18(23)27-2)13-9-11-15(12-10-13)29-14-7-5-4-6-8-14/h4-12,16-17,22,26H,1-3H3/t16-,17-,21?/m0/s1. The van der Waals surface area contributed by atoms with Crippen LogP contribution in [0.5, 0.6) is 11.5 Å². The van der Waals surface area contributed by atoms with Gasteiger partial charge in [-0.15, -0.1) is 0 Å². The highest BCUT2D eigenvalue weighted by atomic mass is 16.6. The third-order valence-electron chi connectivity index (χ3n) is 4.19.